The van der Waals surface area contributed by atoms with Gasteiger partial charge in [0.15, 0.2) is 0 Å². The van der Waals surface area contributed by atoms with Crippen LogP contribution in [0.1, 0.15) is 20.3 Å². The van der Waals surface area contributed by atoms with Crippen LogP contribution in [0.4, 0.5) is 0 Å². The molecule has 0 fully saturated rings. The molecule has 0 aromatic carbocycles. The van der Waals surface area contributed by atoms with E-state index < -0.39 is 0 Å². The van der Waals surface area contributed by atoms with Crippen LogP contribution in [0, 0.1) is 0 Å². The lowest BCUT2D eigenvalue weighted by Crippen LogP contribution is -2.33. The lowest BCUT2D eigenvalue weighted by molar-refractivity contribution is 0.541. The first-order valence-electron chi connectivity index (χ1n) is 4.87. The standard InChI is InChI=1S/C10H17N3S/c1-4-9(11-3)8(2)14-10-7-12-5-6-13-10/h5-9,11H,4H2,1-3H3. The highest BCUT2D eigenvalue weighted by Crippen LogP contribution is 2.23. The maximum atomic E-state index is 4.24. The minimum absolute atomic E-state index is 0.515. The Morgan fingerprint density at radius 2 is 2.29 bits per heavy atom. The Labute approximate surface area is 89.7 Å². The number of thioether (sulfide) groups is 1. The van der Waals surface area contributed by atoms with Crippen LogP contribution in [-0.2, 0) is 0 Å². The normalized spacial score (nSPS) is 15.1. The third kappa shape index (κ3) is 3.27. The molecule has 0 aliphatic rings. The van der Waals surface area contributed by atoms with Gasteiger partial charge >= 0.3 is 0 Å². The zero-order chi connectivity index (χ0) is 10.4. The highest BCUT2D eigenvalue weighted by atomic mass is 32.2. The fraction of sp³-hybridized carbons (Fsp3) is 0.600. The molecule has 1 aromatic rings. The van der Waals surface area contributed by atoms with Gasteiger partial charge in [-0.2, -0.15) is 0 Å². The average molecular weight is 211 g/mol. The van der Waals surface area contributed by atoms with Crippen molar-refractivity contribution in [2.24, 2.45) is 0 Å². The minimum Gasteiger partial charge on any atom is -0.316 e. The predicted octanol–water partition coefficient (Wildman–Crippen LogP) is 1.96. The van der Waals surface area contributed by atoms with E-state index in [1.165, 1.54) is 0 Å². The summed E-state index contributed by atoms with van der Waals surface area (Å²) in [5, 5.41) is 4.81. The van der Waals surface area contributed by atoms with Crippen molar-refractivity contribution in [3.63, 3.8) is 0 Å². The maximum absolute atomic E-state index is 4.24. The van der Waals surface area contributed by atoms with Crippen LogP contribution in [0.25, 0.3) is 0 Å². The first-order chi connectivity index (χ1) is 6.77. The van der Waals surface area contributed by atoms with Crippen LogP contribution in [0.15, 0.2) is 23.6 Å². The van der Waals surface area contributed by atoms with E-state index in [1.807, 2.05) is 13.2 Å². The average Bonchev–Trinajstić information content (AvgIpc) is 2.21. The molecule has 1 aromatic heterocycles. The van der Waals surface area contributed by atoms with Crippen LogP contribution in [0.3, 0.4) is 0 Å². The fourth-order valence-electron chi connectivity index (χ4n) is 1.39. The number of rotatable bonds is 5. The number of nitrogens with zero attached hydrogens (tertiary/aromatic N) is 2. The Hall–Kier alpha value is -0.610. The third-order valence-corrected chi connectivity index (χ3v) is 3.38. The molecule has 0 amide bonds. The summed E-state index contributed by atoms with van der Waals surface area (Å²) in [5.74, 6) is 0. The van der Waals surface area contributed by atoms with E-state index in [-0.39, 0.29) is 0 Å². The van der Waals surface area contributed by atoms with Crippen molar-refractivity contribution in [1.29, 1.82) is 0 Å². The molecule has 0 saturated carbocycles. The molecule has 2 unspecified atom stereocenters. The molecule has 78 valence electrons. The van der Waals surface area contributed by atoms with E-state index in [9.17, 15) is 0 Å². The molecule has 14 heavy (non-hydrogen) atoms. The second-order valence-corrected chi connectivity index (χ2v) is 4.57. The summed E-state index contributed by atoms with van der Waals surface area (Å²) in [5.41, 5.74) is 0. The molecule has 0 aliphatic carbocycles. The van der Waals surface area contributed by atoms with Crippen molar-refractivity contribution in [2.45, 2.75) is 36.6 Å². The number of hydrogen-bond donors (Lipinski definition) is 1. The van der Waals surface area contributed by atoms with Gasteiger partial charge in [0.2, 0.25) is 0 Å². The van der Waals surface area contributed by atoms with E-state index in [0.717, 1.165) is 11.4 Å². The summed E-state index contributed by atoms with van der Waals surface area (Å²) in [6.45, 7) is 4.40. The Morgan fingerprint density at radius 3 is 2.79 bits per heavy atom. The lowest BCUT2D eigenvalue weighted by Gasteiger charge is -2.20. The first-order valence-corrected chi connectivity index (χ1v) is 5.75. The van der Waals surface area contributed by atoms with Gasteiger partial charge < -0.3 is 5.32 Å². The molecule has 0 saturated heterocycles. The zero-order valence-electron chi connectivity index (χ0n) is 8.90. The zero-order valence-corrected chi connectivity index (χ0v) is 9.71. The van der Waals surface area contributed by atoms with Gasteiger partial charge in [0.1, 0.15) is 5.03 Å². The van der Waals surface area contributed by atoms with Crippen LogP contribution in [0.2, 0.25) is 0 Å². The van der Waals surface area contributed by atoms with Gasteiger partial charge in [-0.05, 0) is 13.5 Å². The summed E-state index contributed by atoms with van der Waals surface area (Å²) in [7, 11) is 2.00. The summed E-state index contributed by atoms with van der Waals surface area (Å²) < 4.78 is 0. The Balaban J connectivity index is 2.52. The van der Waals surface area contributed by atoms with Crippen LogP contribution in [-0.4, -0.2) is 28.3 Å². The first kappa shape index (κ1) is 11.5. The largest absolute Gasteiger partial charge is 0.316 e. The van der Waals surface area contributed by atoms with E-state index in [4.69, 9.17) is 0 Å². The van der Waals surface area contributed by atoms with Crippen LogP contribution in [0.5, 0.6) is 0 Å². The number of aromatic nitrogens is 2. The lowest BCUT2D eigenvalue weighted by atomic mass is 10.2. The van der Waals surface area contributed by atoms with Crippen molar-refractivity contribution in [2.75, 3.05) is 7.05 Å². The quantitative estimate of drug-likeness (QED) is 0.756. The molecule has 0 radical (unpaired) electrons. The van der Waals surface area contributed by atoms with Crippen LogP contribution < -0.4 is 5.32 Å². The van der Waals surface area contributed by atoms with Crippen molar-refractivity contribution in [3.8, 4) is 0 Å². The Morgan fingerprint density at radius 1 is 1.50 bits per heavy atom. The maximum Gasteiger partial charge on any atom is 0.115 e. The minimum atomic E-state index is 0.515. The van der Waals surface area contributed by atoms with Gasteiger partial charge in [-0.15, -0.1) is 11.8 Å². The van der Waals surface area contributed by atoms with E-state index >= 15 is 0 Å². The van der Waals surface area contributed by atoms with E-state index in [0.29, 0.717) is 11.3 Å². The molecule has 1 rings (SSSR count). The monoisotopic (exact) mass is 211 g/mol. The highest BCUT2D eigenvalue weighted by Gasteiger charge is 2.14. The second-order valence-electron chi connectivity index (χ2n) is 3.17. The third-order valence-electron chi connectivity index (χ3n) is 2.22. The van der Waals surface area contributed by atoms with Crippen molar-refractivity contribution >= 4 is 11.8 Å². The summed E-state index contributed by atoms with van der Waals surface area (Å²) in [6, 6.07) is 0.530. The van der Waals surface area contributed by atoms with Gasteiger partial charge in [-0.3, -0.25) is 4.98 Å². The van der Waals surface area contributed by atoms with Gasteiger partial charge in [0, 0.05) is 23.7 Å². The molecule has 1 N–H and O–H groups in total. The molecule has 1 heterocycles. The van der Waals surface area contributed by atoms with E-state index in [1.54, 1.807) is 24.2 Å². The highest BCUT2D eigenvalue weighted by molar-refractivity contribution is 7.99. The summed E-state index contributed by atoms with van der Waals surface area (Å²) in [6.07, 6.45) is 6.37. The molecule has 0 spiro atoms. The summed E-state index contributed by atoms with van der Waals surface area (Å²) >= 11 is 1.76. The molecule has 0 bridgehead atoms. The smallest absolute Gasteiger partial charge is 0.115 e. The Bertz CT molecular complexity index is 249. The van der Waals surface area contributed by atoms with Gasteiger partial charge in [-0.1, -0.05) is 13.8 Å². The Kier molecular flexibility index (Phi) is 4.90. The van der Waals surface area contributed by atoms with E-state index in [2.05, 4.69) is 29.1 Å². The predicted molar refractivity (Wildman–Crippen MR) is 60.5 cm³/mol. The molecular formula is C10H17N3S. The molecule has 2 atom stereocenters. The van der Waals surface area contributed by atoms with Gasteiger partial charge in [0.25, 0.3) is 0 Å². The molecule has 0 aliphatic heterocycles. The molecular weight excluding hydrogens is 194 g/mol. The van der Waals surface area contributed by atoms with Gasteiger partial charge in [0.05, 0.1) is 6.20 Å². The van der Waals surface area contributed by atoms with Crippen LogP contribution >= 0.6 is 11.8 Å². The fourth-order valence-corrected chi connectivity index (χ4v) is 2.51. The second kappa shape index (κ2) is 5.98. The molecule has 4 heteroatoms. The number of hydrogen-bond acceptors (Lipinski definition) is 4. The van der Waals surface area contributed by atoms with Crippen molar-refractivity contribution in [3.05, 3.63) is 18.6 Å². The topological polar surface area (TPSA) is 37.8 Å². The SMILES string of the molecule is CCC(NC)C(C)Sc1cnccn1. The van der Waals surface area contributed by atoms with Crippen molar-refractivity contribution in [1.82, 2.24) is 15.3 Å². The summed E-state index contributed by atoms with van der Waals surface area (Å²) in [4.78, 5) is 8.29. The van der Waals surface area contributed by atoms with Gasteiger partial charge in [-0.25, -0.2) is 4.98 Å². The van der Waals surface area contributed by atoms with Crippen molar-refractivity contribution < 1.29 is 0 Å². The number of nitrogens with one attached hydrogen (secondary N) is 1. The molecule has 3 nitrogen and oxygen atoms in total.